The molecule has 0 N–H and O–H groups in total. The van der Waals surface area contributed by atoms with Crippen molar-refractivity contribution in [2.24, 2.45) is 0 Å². The molecule has 0 fully saturated rings. The minimum absolute atomic E-state index is 0.945. The Balaban J connectivity index is 0.000000366. The minimum atomic E-state index is 0.945. The van der Waals surface area contributed by atoms with E-state index in [1.165, 1.54) is 109 Å². The Labute approximate surface area is 522 Å². The van der Waals surface area contributed by atoms with E-state index >= 15 is 0 Å². The molecule has 12 aromatic rings. The molecule has 0 aliphatic rings. The number of aryl methyl sites for hydroxylation is 4. The van der Waals surface area contributed by atoms with Crippen molar-refractivity contribution in [2.45, 2.75) is 205 Å². The SMILES string of the molecule is CC.CC.CC.CC.CC.CC.CC.CC.CCN(Cc1ccc2c(c1)c1ccccc1n2CC)Cc1ccc2c(c1)c1ccccc1n2CC.CCN(Cc1ccc2c(c1)c1ccccc1n2CC)Cc1cccc2c1c1ccccc1n2CC. The molecule has 0 atom stereocenters. The predicted octanol–water partition coefficient (Wildman–Crippen LogP) is 24.1. The van der Waals surface area contributed by atoms with Crippen molar-refractivity contribution in [3.05, 3.63) is 192 Å². The van der Waals surface area contributed by atoms with Crippen LogP contribution in [-0.4, -0.2) is 41.2 Å². The van der Waals surface area contributed by atoms with Crippen LogP contribution in [0.15, 0.2) is 170 Å². The molecule has 0 saturated carbocycles. The molecule has 0 aliphatic heterocycles. The van der Waals surface area contributed by atoms with Crippen molar-refractivity contribution in [1.82, 2.24) is 28.1 Å². The summed E-state index contributed by atoms with van der Waals surface area (Å²) in [5.41, 5.74) is 16.2. The lowest BCUT2D eigenvalue weighted by Crippen LogP contribution is -2.22. The smallest absolute Gasteiger partial charge is 0.0494 e. The maximum absolute atomic E-state index is 2.56. The van der Waals surface area contributed by atoms with Crippen LogP contribution in [0.4, 0.5) is 0 Å². The number of nitrogens with zero attached hydrogens (tertiary/aromatic N) is 6. The van der Waals surface area contributed by atoms with Gasteiger partial charge in [0.25, 0.3) is 0 Å². The van der Waals surface area contributed by atoms with E-state index < -0.39 is 0 Å². The summed E-state index contributed by atoms with van der Waals surface area (Å²) >= 11 is 0. The third-order valence-corrected chi connectivity index (χ3v) is 15.2. The first kappa shape index (κ1) is 73.1. The standard InChI is InChI=1S/2C32H33N3.8C2H6/c1-4-33(21-23-18-19-30-27(20-23)25-13-7-9-15-28(25)34(30)5-2)22-24-12-11-17-31-32(24)26-14-8-10-16-29(26)35(31)6-3;1-4-33(21-23-15-17-31-27(19-23)25-11-7-9-13-29(25)34(31)5-2)22-24-16-18-32-28(20-24)26-12-8-10-14-30(26)35(32)6-3;8*1-2/h2*7-20H,4-6,21-22H2,1-3H3;8*1-2H3. The number of aromatic nitrogens is 4. The molecule has 0 radical (unpaired) electrons. The molecule has 6 heteroatoms. The normalized spacial score (nSPS) is 10.4. The van der Waals surface area contributed by atoms with Gasteiger partial charge in [-0.25, -0.2) is 0 Å². The predicted molar refractivity (Wildman–Crippen MR) is 391 cm³/mol. The van der Waals surface area contributed by atoms with Gasteiger partial charge in [0.15, 0.2) is 0 Å². The van der Waals surface area contributed by atoms with Gasteiger partial charge in [0.05, 0.1) is 0 Å². The summed E-state index contributed by atoms with van der Waals surface area (Å²) in [6.45, 7) is 55.2. The first-order chi connectivity index (χ1) is 42.4. The van der Waals surface area contributed by atoms with E-state index in [0.717, 1.165) is 65.4 Å². The van der Waals surface area contributed by atoms with Crippen molar-refractivity contribution in [3.63, 3.8) is 0 Å². The van der Waals surface area contributed by atoms with Crippen molar-refractivity contribution >= 4 is 87.2 Å². The number of fused-ring (bicyclic) bond motifs is 12. The van der Waals surface area contributed by atoms with Gasteiger partial charge in [-0.3, -0.25) is 9.80 Å². The molecule has 4 aromatic heterocycles. The summed E-state index contributed by atoms with van der Waals surface area (Å²) < 4.78 is 9.72. The fourth-order valence-electron chi connectivity index (χ4n) is 11.8. The van der Waals surface area contributed by atoms with Gasteiger partial charge < -0.3 is 18.3 Å². The van der Waals surface area contributed by atoms with E-state index in [-0.39, 0.29) is 0 Å². The topological polar surface area (TPSA) is 26.2 Å². The molecular formula is C80H114N6. The minimum Gasteiger partial charge on any atom is -0.341 e. The molecule has 0 spiro atoms. The molecule has 0 amide bonds. The van der Waals surface area contributed by atoms with E-state index in [9.17, 15) is 0 Å². The summed E-state index contributed by atoms with van der Waals surface area (Å²) in [7, 11) is 0. The van der Waals surface area contributed by atoms with Gasteiger partial charge in [-0.2, -0.15) is 0 Å². The van der Waals surface area contributed by atoms with Crippen LogP contribution in [-0.2, 0) is 52.4 Å². The Morgan fingerprint density at radius 2 is 0.500 bits per heavy atom. The first-order valence-corrected chi connectivity index (χ1v) is 33.9. The summed E-state index contributed by atoms with van der Waals surface area (Å²) in [5, 5.41) is 10.9. The second-order valence-electron chi connectivity index (χ2n) is 19.0. The van der Waals surface area contributed by atoms with Gasteiger partial charge in [0.1, 0.15) is 0 Å². The summed E-state index contributed by atoms with van der Waals surface area (Å²) in [4.78, 5) is 5.10. The molecular weight excluding hydrogens is 1040 g/mol. The van der Waals surface area contributed by atoms with Crippen LogP contribution >= 0.6 is 0 Å². The monoisotopic (exact) mass is 1160 g/mol. The van der Waals surface area contributed by atoms with E-state index in [4.69, 9.17) is 0 Å². The van der Waals surface area contributed by atoms with Crippen molar-refractivity contribution in [2.75, 3.05) is 13.1 Å². The zero-order chi connectivity index (χ0) is 63.9. The average molecular weight is 1160 g/mol. The molecule has 0 unspecified atom stereocenters. The lowest BCUT2D eigenvalue weighted by atomic mass is 10.0. The third-order valence-electron chi connectivity index (χ3n) is 15.2. The number of rotatable bonds is 14. The molecule has 8 aromatic carbocycles. The average Bonchev–Trinajstić information content (AvgIpc) is 4.10. The van der Waals surface area contributed by atoms with E-state index in [1.807, 2.05) is 111 Å². The summed E-state index contributed by atoms with van der Waals surface area (Å²) in [5.74, 6) is 0. The lowest BCUT2D eigenvalue weighted by molar-refractivity contribution is 0.271. The number of para-hydroxylation sites is 4. The van der Waals surface area contributed by atoms with Crippen LogP contribution < -0.4 is 0 Å². The molecule has 464 valence electrons. The van der Waals surface area contributed by atoms with Crippen LogP contribution in [0.25, 0.3) is 87.2 Å². The molecule has 86 heavy (non-hydrogen) atoms. The highest BCUT2D eigenvalue weighted by Gasteiger charge is 2.18. The molecule has 0 aliphatic carbocycles. The van der Waals surface area contributed by atoms with Gasteiger partial charge >= 0.3 is 0 Å². The van der Waals surface area contributed by atoms with Gasteiger partial charge in [-0.1, -0.05) is 228 Å². The third kappa shape index (κ3) is 16.1. The number of benzene rings is 8. The second-order valence-corrected chi connectivity index (χ2v) is 19.0. The summed E-state index contributed by atoms with van der Waals surface area (Å²) in [6, 6.07) is 63.1. The maximum Gasteiger partial charge on any atom is 0.0494 e. The van der Waals surface area contributed by atoms with Crippen LogP contribution in [0.3, 0.4) is 0 Å². The molecule has 12 rings (SSSR count). The van der Waals surface area contributed by atoms with Gasteiger partial charge in [-0.15, -0.1) is 0 Å². The van der Waals surface area contributed by atoms with E-state index in [1.54, 1.807) is 0 Å². The summed E-state index contributed by atoms with van der Waals surface area (Å²) in [6.07, 6.45) is 0. The molecule has 6 nitrogen and oxygen atoms in total. The van der Waals surface area contributed by atoms with Crippen molar-refractivity contribution in [3.8, 4) is 0 Å². The highest BCUT2D eigenvalue weighted by molar-refractivity contribution is 6.11. The highest BCUT2D eigenvalue weighted by Crippen LogP contribution is 2.35. The van der Waals surface area contributed by atoms with Gasteiger partial charge in [0, 0.05) is 140 Å². The Morgan fingerprint density at radius 1 is 0.244 bits per heavy atom. The van der Waals surface area contributed by atoms with E-state index in [2.05, 4.69) is 239 Å². The Bertz CT molecular complexity index is 3710. The first-order valence-electron chi connectivity index (χ1n) is 33.9. The Hall–Kier alpha value is -7.12. The van der Waals surface area contributed by atoms with Crippen LogP contribution in [0.2, 0.25) is 0 Å². The van der Waals surface area contributed by atoms with Crippen molar-refractivity contribution in [1.29, 1.82) is 0 Å². The zero-order valence-corrected chi connectivity index (χ0v) is 57.9. The number of hydrogen-bond acceptors (Lipinski definition) is 2. The van der Waals surface area contributed by atoms with Crippen LogP contribution in [0.1, 0.15) is 175 Å². The number of hydrogen-bond donors (Lipinski definition) is 0. The Morgan fingerprint density at radius 3 is 0.814 bits per heavy atom. The second kappa shape index (κ2) is 38.8. The van der Waals surface area contributed by atoms with Crippen LogP contribution in [0, 0.1) is 0 Å². The quantitative estimate of drug-likeness (QED) is 0.108. The zero-order valence-electron chi connectivity index (χ0n) is 57.9. The maximum atomic E-state index is 2.56. The molecule has 0 saturated heterocycles. The fraction of sp³-hybridized carbons (Fsp3) is 0.400. The van der Waals surface area contributed by atoms with Gasteiger partial charge in [0.2, 0.25) is 0 Å². The Kier molecular flexibility index (Phi) is 33.0. The van der Waals surface area contributed by atoms with Crippen LogP contribution in [0.5, 0.6) is 0 Å². The molecule has 0 bridgehead atoms. The highest BCUT2D eigenvalue weighted by atomic mass is 15.1. The van der Waals surface area contributed by atoms with Crippen molar-refractivity contribution < 1.29 is 0 Å². The van der Waals surface area contributed by atoms with Gasteiger partial charge in [-0.05, 0) is 130 Å². The molecule has 4 heterocycles. The fourth-order valence-corrected chi connectivity index (χ4v) is 11.8. The van der Waals surface area contributed by atoms with E-state index in [0.29, 0.717) is 0 Å². The largest absolute Gasteiger partial charge is 0.341 e. The lowest BCUT2D eigenvalue weighted by Gasteiger charge is -2.21.